The number of nitrogens with two attached hydrogens (primary N) is 2. The van der Waals surface area contributed by atoms with Gasteiger partial charge < -0.3 is 16.5 Å². The Bertz CT molecular complexity index is 527. The van der Waals surface area contributed by atoms with Gasteiger partial charge in [-0.05, 0) is 13.8 Å². The van der Waals surface area contributed by atoms with Crippen molar-refractivity contribution in [3.8, 4) is 0 Å². The van der Waals surface area contributed by atoms with Gasteiger partial charge >= 0.3 is 0 Å². The van der Waals surface area contributed by atoms with Crippen LogP contribution in [-0.4, -0.2) is 27.3 Å². The van der Waals surface area contributed by atoms with Crippen LogP contribution in [0.4, 0.5) is 5.69 Å². The SMILES string of the molecule is CC(C)c1ncc(NN)c(C(=O)NC(C)(C)C(N)=O)n1. The molecule has 0 saturated heterocycles. The summed E-state index contributed by atoms with van der Waals surface area (Å²) in [5.41, 5.74) is 6.73. The molecule has 2 amide bonds. The number of aromatic nitrogens is 2. The van der Waals surface area contributed by atoms with Crippen molar-refractivity contribution in [2.24, 2.45) is 11.6 Å². The number of carbonyl (C=O) groups is 2. The molecule has 0 aliphatic rings. The van der Waals surface area contributed by atoms with Crippen molar-refractivity contribution in [3.63, 3.8) is 0 Å². The van der Waals surface area contributed by atoms with Gasteiger partial charge in [-0.3, -0.25) is 15.4 Å². The molecule has 110 valence electrons. The Hall–Kier alpha value is -2.22. The zero-order chi connectivity index (χ0) is 15.5. The highest BCUT2D eigenvalue weighted by atomic mass is 16.2. The van der Waals surface area contributed by atoms with E-state index in [1.165, 1.54) is 20.0 Å². The molecule has 0 aliphatic carbocycles. The fourth-order valence-electron chi connectivity index (χ4n) is 1.36. The van der Waals surface area contributed by atoms with E-state index in [-0.39, 0.29) is 17.3 Å². The van der Waals surface area contributed by atoms with Gasteiger partial charge in [0.05, 0.1) is 11.9 Å². The number of nitrogens with one attached hydrogen (secondary N) is 2. The zero-order valence-corrected chi connectivity index (χ0v) is 12.0. The Morgan fingerprint density at radius 2 is 1.95 bits per heavy atom. The second-order valence-corrected chi connectivity index (χ2v) is 5.23. The Morgan fingerprint density at radius 3 is 2.40 bits per heavy atom. The molecule has 0 atom stereocenters. The minimum absolute atomic E-state index is 0.0533. The number of amides is 2. The summed E-state index contributed by atoms with van der Waals surface area (Å²) in [5, 5.41) is 2.51. The van der Waals surface area contributed by atoms with Crippen molar-refractivity contribution < 1.29 is 9.59 Å². The summed E-state index contributed by atoms with van der Waals surface area (Å²) in [7, 11) is 0. The van der Waals surface area contributed by atoms with E-state index >= 15 is 0 Å². The lowest BCUT2D eigenvalue weighted by Crippen LogP contribution is -2.53. The predicted molar refractivity (Wildman–Crippen MR) is 74.7 cm³/mol. The van der Waals surface area contributed by atoms with Gasteiger partial charge in [0.2, 0.25) is 5.91 Å². The molecular formula is C12H20N6O2. The van der Waals surface area contributed by atoms with Gasteiger partial charge in [0.25, 0.3) is 5.91 Å². The van der Waals surface area contributed by atoms with Crippen LogP contribution in [0.25, 0.3) is 0 Å². The Kier molecular flexibility index (Phi) is 4.61. The fraction of sp³-hybridized carbons (Fsp3) is 0.500. The standard InChI is InChI=1S/C12H20N6O2/c1-6(2)9-15-5-7(18-14)8(16-9)10(19)17-12(3,4)11(13)20/h5-6,18H,14H2,1-4H3,(H2,13,20)(H,17,19). The maximum Gasteiger partial charge on any atom is 0.273 e. The first-order valence-electron chi connectivity index (χ1n) is 6.15. The molecule has 0 fully saturated rings. The number of primary amides is 1. The smallest absolute Gasteiger partial charge is 0.273 e. The first-order chi connectivity index (χ1) is 9.19. The van der Waals surface area contributed by atoms with Gasteiger partial charge in [0.1, 0.15) is 11.4 Å². The van der Waals surface area contributed by atoms with Gasteiger partial charge in [0.15, 0.2) is 5.69 Å². The van der Waals surface area contributed by atoms with Gasteiger partial charge in [-0.25, -0.2) is 9.97 Å². The van der Waals surface area contributed by atoms with Gasteiger partial charge in [-0.2, -0.15) is 0 Å². The van der Waals surface area contributed by atoms with Crippen molar-refractivity contribution in [1.29, 1.82) is 0 Å². The van der Waals surface area contributed by atoms with E-state index in [2.05, 4.69) is 20.7 Å². The monoisotopic (exact) mass is 280 g/mol. The van der Waals surface area contributed by atoms with Crippen molar-refractivity contribution in [3.05, 3.63) is 17.7 Å². The minimum atomic E-state index is -1.19. The van der Waals surface area contributed by atoms with E-state index in [1.54, 1.807) is 0 Å². The molecule has 0 aliphatic heterocycles. The number of hydrogen-bond donors (Lipinski definition) is 4. The van der Waals surface area contributed by atoms with Crippen molar-refractivity contribution >= 4 is 17.5 Å². The lowest BCUT2D eigenvalue weighted by atomic mass is 10.0. The lowest BCUT2D eigenvalue weighted by molar-refractivity contribution is -0.122. The number of nitrogen functional groups attached to an aromatic ring is 1. The van der Waals surface area contributed by atoms with Crippen LogP contribution in [0.15, 0.2) is 6.20 Å². The first-order valence-corrected chi connectivity index (χ1v) is 6.15. The molecule has 1 heterocycles. The van der Waals surface area contributed by atoms with Crippen LogP contribution in [0.1, 0.15) is 49.9 Å². The van der Waals surface area contributed by atoms with Crippen molar-refractivity contribution in [1.82, 2.24) is 15.3 Å². The summed E-state index contributed by atoms with van der Waals surface area (Å²) in [6.07, 6.45) is 1.43. The molecule has 20 heavy (non-hydrogen) atoms. The highest BCUT2D eigenvalue weighted by Crippen LogP contribution is 2.16. The van der Waals surface area contributed by atoms with E-state index in [0.717, 1.165) is 0 Å². The van der Waals surface area contributed by atoms with Crippen molar-refractivity contribution in [2.75, 3.05) is 5.43 Å². The molecule has 1 aromatic heterocycles. The Balaban J connectivity index is 3.14. The maximum atomic E-state index is 12.2. The van der Waals surface area contributed by atoms with Crippen LogP contribution >= 0.6 is 0 Å². The van der Waals surface area contributed by atoms with Gasteiger partial charge in [-0.15, -0.1) is 0 Å². The van der Waals surface area contributed by atoms with Crippen LogP contribution in [0.5, 0.6) is 0 Å². The molecule has 0 saturated carbocycles. The highest BCUT2D eigenvalue weighted by Gasteiger charge is 2.29. The van der Waals surface area contributed by atoms with E-state index in [4.69, 9.17) is 11.6 Å². The summed E-state index contributed by atoms with van der Waals surface area (Å²) in [5.74, 6) is 4.70. The number of hydrazine groups is 1. The Labute approximate surface area is 117 Å². The number of hydrogen-bond acceptors (Lipinski definition) is 6. The summed E-state index contributed by atoms with van der Waals surface area (Å²) < 4.78 is 0. The van der Waals surface area contributed by atoms with Crippen LogP contribution in [0.3, 0.4) is 0 Å². The van der Waals surface area contributed by atoms with Crippen LogP contribution in [0, 0.1) is 0 Å². The molecule has 1 rings (SSSR count). The quantitative estimate of drug-likeness (QED) is 0.438. The van der Waals surface area contributed by atoms with E-state index in [9.17, 15) is 9.59 Å². The third-order valence-corrected chi connectivity index (χ3v) is 2.74. The number of carbonyl (C=O) groups excluding carboxylic acids is 2. The molecule has 6 N–H and O–H groups in total. The van der Waals surface area contributed by atoms with Crippen LogP contribution < -0.4 is 22.3 Å². The molecule has 8 heteroatoms. The van der Waals surface area contributed by atoms with E-state index < -0.39 is 17.4 Å². The minimum Gasteiger partial charge on any atom is -0.368 e. The first kappa shape index (κ1) is 15.8. The summed E-state index contributed by atoms with van der Waals surface area (Å²) in [4.78, 5) is 31.7. The highest BCUT2D eigenvalue weighted by molar-refractivity contribution is 6.00. The molecule has 0 unspecified atom stereocenters. The lowest BCUT2D eigenvalue weighted by Gasteiger charge is -2.22. The normalized spacial score (nSPS) is 11.3. The van der Waals surface area contributed by atoms with Crippen molar-refractivity contribution in [2.45, 2.75) is 39.2 Å². The molecule has 0 radical (unpaired) electrons. The number of anilines is 1. The van der Waals surface area contributed by atoms with Crippen LogP contribution in [-0.2, 0) is 4.79 Å². The maximum absolute atomic E-state index is 12.2. The number of rotatable bonds is 5. The largest absolute Gasteiger partial charge is 0.368 e. The van der Waals surface area contributed by atoms with Crippen LogP contribution in [0.2, 0.25) is 0 Å². The predicted octanol–water partition coefficient (Wildman–Crippen LogP) is -0.121. The molecule has 8 nitrogen and oxygen atoms in total. The zero-order valence-electron chi connectivity index (χ0n) is 12.0. The van der Waals surface area contributed by atoms with E-state index in [1.807, 2.05) is 13.8 Å². The molecular weight excluding hydrogens is 260 g/mol. The fourth-order valence-corrected chi connectivity index (χ4v) is 1.36. The topological polar surface area (TPSA) is 136 Å². The molecule has 0 bridgehead atoms. The third kappa shape index (κ3) is 3.41. The molecule has 1 aromatic rings. The molecule has 0 aromatic carbocycles. The third-order valence-electron chi connectivity index (χ3n) is 2.74. The average molecular weight is 280 g/mol. The summed E-state index contributed by atoms with van der Waals surface area (Å²) >= 11 is 0. The van der Waals surface area contributed by atoms with E-state index in [0.29, 0.717) is 5.82 Å². The second kappa shape index (κ2) is 5.83. The molecule has 0 spiro atoms. The number of nitrogens with zero attached hydrogens (tertiary/aromatic N) is 2. The average Bonchev–Trinajstić information content (AvgIpc) is 2.37. The Morgan fingerprint density at radius 1 is 1.35 bits per heavy atom. The van der Waals surface area contributed by atoms with Gasteiger partial charge in [0, 0.05) is 5.92 Å². The van der Waals surface area contributed by atoms with Gasteiger partial charge in [-0.1, -0.05) is 13.8 Å². The summed E-state index contributed by atoms with van der Waals surface area (Å²) in [6, 6.07) is 0. The summed E-state index contributed by atoms with van der Waals surface area (Å²) in [6.45, 7) is 6.82. The second-order valence-electron chi connectivity index (χ2n) is 5.23.